The van der Waals surface area contributed by atoms with Gasteiger partial charge >= 0.3 is 0 Å². The first kappa shape index (κ1) is 18.5. The zero-order valence-electron chi connectivity index (χ0n) is 14.7. The molecule has 0 bridgehead atoms. The second-order valence-electron chi connectivity index (χ2n) is 5.32. The Hall–Kier alpha value is -3.33. The van der Waals surface area contributed by atoms with Crippen molar-refractivity contribution >= 4 is 45.5 Å². The van der Waals surface area contributed by atoms with Gasteiger partial charge in [-0.1, -0.05) is 6.08 Å². The highest BCUT2D eigenvalue weighted by atomic mass is 32.1. The Labute approximate surface area is 159 Å². The predicted molar refractivity (Wildman–Crippen MR) is 107 cm³/mol. The van der Waals surface area contributed by atoms with E-state index >= 15 is 0 Å². The molecule has 9 heteroatoms. The van der Waals surface area contributed by atoms with Crippen molar-refractivity contribution in [2.75, 3.05) is 20.8 Å². The molecule has 3 rings (SSSR count). The molecule has 0 aliphatic heterocycles. The molecule has 0 aliphatic carbocycles. The van der Waals surface area contributed by atoms with Gasteiger partial charge in [0, 0.05) is 12.6 Å². The zero-order valence-corrected chi connectivity index (χ0v) is 15.5. The van der Waals surface area contributed by atoms with Gasteiger partial charge < -0.3 is 23.6 Å². The first-order valence-corrected chi connectivity index (χ1v) is 8.28. The van der Waals surface area contributed by atoms with Crippen molar-refractivity contribution in [3.8, 4) is 11.5 Å². The van der Waals surface area contributed by atoms with E-state index in [0.717, 1.165) is 0 Å². The number of thiocarbonyl (C=S) groups is 1. The number of hydrogen-bond donors (Lipinski definition) is 2. The average molecular weight is 387 g/mol. The molecule has 0 atom stereocenters. The third-order valence-electron chi connectivity index (χ3n) is 3.69. The van der Waals surface area contributed by atoms with Gasteiger partial charge in [-0.2, -0.15) is 5.10 Å². The number of hydrogen-bond acceptors (Lipinski definition) is 7. The van der Waals surface area contributed by atoms with Crippen LogP contribution in [0.15, 0.2) is 49.8 Å². The van der Waals surface area contributed by atoms with E-state index in [-0.39, 0.29) is 22.2 Å². The summed E-state index contributed by atoms with van der Waals surface area (Å²) in [6.07, 6.45) is 4.48. The van der Waals surface area contributed by atoms with Crippen LogP contribution in [0, 0.1) is 0 Å². The van der Waals surface area contributed by atoms with Gasteiger partial charge in [0.25, 0.3) is 0 Å². The molecule has 1 aromatic carbocycles. The highest BCUT2D eigenvalue weighted by molar-refractivity contribution is 7.80. The van der Waals surface area contributed by atoms with Gasteiger partial charge in [0.15, 0.2) is 27.5 Å². The summed E-state index contributed by atoms with van der Waals surface area (Å²) in [5.41, 5.74) is 2.94. The van der Waals surface area contributed by atoms with Crippen LogP contribution in [0.25, 0.3) is 21.9 Å². The van der Waals surface area contributed by atoms with Crippen molar-refractivity contribution in [1.29, 1.82) is 0 Å². The van der Waals surface area contributed by atoms with Crippen LogP contribution in [0.4, 0.5) is 0 Å². The molecule has 27 heavy (non-hydrogen) atoms. The maximum Gasteiger partial charge on any atom is 0.206 e. The summed E-state index contributed by atoms with van der Waals surface area (Å²) in [5.74, 6) is 0.867. The highest BCUT2D eigenvalue weighted by Gasteiger charge is 2.22. The molecule has 0 spiro atoms. The quantitative estimate of drug-likeness (QED) is 0.288. The Morgan fingerprint density at radius 3 is 2.81 bits per heavy atom. The van der Waals surface area contributed by atoms with Gasteiger partial charge in [0.1, 0.15) is 11.1 Å². The molecule has 0 saturated heterocycles. The Bertz CT molecular complexity index is 1100. The van der Waals surface area contributed by atoms with E-state index in [1.54, 1.807) is 12.1 Å². The van der Waals surface area contributed by atoms with Gasteiger partial charge in [-0.05, 0) is 18.3 Å². The molecule has 0 unspecified atom stereocenters. The summed E-state index contributed by atoms with van der Waals surface area (Å²) in [6, 6.07) is 3.01. The number of methoxy groups -OCH3 is 2. The number of rotatable bonds is 6. The SMILES string of the molecule is C=CCNC(=S)N/N=C/c1cc(=O)c2c(OC)c3ccoc3c(OC)c2o1. The van der Waals surface area contributed by atoms with E-state index in [9.17, 15) is 4.79 Å². The van der Waals surface area contributed by atoms with Gasteiger partial charge in [-0.15, -0.1) is 6.58 Å². The van der Waals surface area contributed by atoms with Crippen molar-refractivity contribution in [2.24, 2.45) is 5.10 Å². The smallest absolute Gasteiger partial charge is 0.206 e. The molecule has 2 aromatic heterocycles. The van der Waals surface area contributed by atoms with Crippen LogP contribution in [0.2, 0.25) is 0 Å². The van der Waals surface area contributed by atoms with E-state index in [1.807, 2.05) is 0 Å². The van der Waals surface area contributed by atoms with Gasteiger partial charge in [-0.25, -0.2) is 0 Å². The normalized spacial score (nSPS) is 11.0. The number of furan rings is 1. The van der Waals surface area contributed by atoms with Crippen LogP contribution < -0.4 is 25.6 Å². The van der Waals surface area contributed by atoms with Crippen LogP contribution in [0.5, 0.6) is 11.5 Å². The third kappa shape index (κ3) is 3.49. The standard InChI is InChI=1S/C18H17N3O5S/c1-4-6-19-18(27)21-20-9-10-8-12(22)13-14(23-2)11-5-7-25-15(11)17(24-3)16(13)26-10/h4-5,7-9H,1,6H2,2-3H3,(H2,19,21,27)/b20-9+. The molecule has 2 heterocycles. The second kappa shape index (κ2) is 7.92. The average Bonchev–Trinajstić information content (AvgIpc) is 3.13. The lowest BCUT2D eigenvalue weighted by Crippen LogP contribution is -2.31. The molecule has 2 N–H and O–H groups in total. The number of hydrazone groups is 1. The maximum atomic E-state index is 12.7. The van der Waals surface area contributed by atoms with Crippen molar-refractivity contribution in [3.05, 3.63) is 47.0 Å². The van der Waals surface area contributed by atoms with Gasteiger partial charge in [0.2, 0.25) is 5.75 Å². The number of nitrogens with one attached hydrogen (secondary N) is 2. The van der Waals surface area contributed by atoms with E-state index in [2.05, 4.69) is 22.4 Å². The number of fused-ring (bicyclic) bond motifs is 2. The van der Waals surface area contributed by atoms with Crippen LogP contribution in [-0.2, 0) is 0 Å². The fourth-order valence-corrected chi connectivity index (χ4v) is 2.74. The summed E-state index contributed by atoms with van der Waals surface area (Å²) in [4.78, 5) is 12.7. The van der Waals surface area contributed by atoms with E-state index in [0.29, 0.717) is 34.1 Å². The van der Waals surface area contributed by atoms with Crippen molar-refractivity contribution in [3.63, 3.8) is 0 Å². The van der Waals surface area contributed by atoms with Gasteiger partial charge in [-0.3, -0.25) is 10.2 Å². The molecule has 0 saturated carbocycles. The molecule has 3 aromatic rings. The lowest BCUT2D eigenvalue weighted by molar-refractivity contribution is 0.400. The largest absolute Gasteiger partial charge is 0.495 e. The molecule has 0 aliphatic rings. The van der Waals surface area contributed by atoms with E-state index < -0.39 is 0 Å². The number of ether oxygens (including phenoxy) is 2. The Morgan fingerprint density at radius 1 is 1.33 bits per heavy atom. The van der Waals surface area contributed by atoms with Crippen LogP contribution in [0.3, 0.4) is 0 Å². The monoisotopic (exact) mass is 387 g/mol. The topological polar surface area (TPSA) is 98.2 Å². The van der Waals surface area contributed by atoms with Crippen LogP contribution in [0.1, 0.15) is 5.76 Å². The lowest BCUT2D eigenvalue weighted by atomic mass is 10.1. The van der Waals surface area contributed by atoms with E-state index in [1.165, 1.54) is 32.8 Å². The highest BCUT2D eigenvalue weighted by Crippen LogP contribution is 2.41. The Morgan fingerprint density at radius 2 is 2.11 bits per heavy atom. The summed E-state index contributed by atoms with van der Waals surface area (Å²) in [7, 11) is 2.94. The summed E-state index contributed by atoms with van der Waals surface area (Å²) in [6.45, 7) is 4.08. The molecular formula is C18H17N3O5S. The molecule has 0 radical (unpaired) electrons. The molecular weight excluding hydrogens is 370 g/mol. The first-order chi connectivity index (χ1) is 13.1. The van der Waals surface area contributed by atoms with Crippen molar-refractivity contribution in [1.82, 2.24) is 10.7 Å². The van der Waals surface area contributed by atoms with E-state index in [4.69, 9.17) is 30.5 Å². The number of benzene rings is 1. The summed E-state index contributed by atoms with van der Waals surface area (Å²) < 4.78 is 22.1. The zero-order chi connectivity index (χ0) is 19.4. The van der Waals surface area contributed by atoms with Crippen LogP contribution in [-0.4, -0.2) is 32.1 Å². The minimum atomic E-state index is -0.302. The van der Waals surface area contributed by atoms with Crippen LogP contribution >= 0.6 is 12.2 Å². The van der Waals surface area contributed by atoms with Crippen molar-refractivity contribution in [2.45, 2.75) is 0 Å². The lowest BCUT2D eigenvalue weighted by Gasteiger charge is -2.10. The minimum Gasteiger partial charge on any atom is -0.495 e. The molecule has 0 fully saturated rings. The fourth-order valence-electron chi connectivity index (χ4n) is 2.61. The second-order valence-corrected chi connectivity index (χ2v) is 5.72. The maximum absolute atomic E-state index is 12.7. The number of nitrogens with zero attached hydrogens (tertiary/aromatic N) is 1. The Balaban J connectivity index is 2.08. The predicted octanol–water partition coefficient (Wildman–Crippen LogP) is 2.54. The third-order valence-corrected chi connectivity index (χ3v) is 3.92. The molecule has 0 amide bonds. The first-order valence-electron chi connectivity index (χ1n) is 7.87. The molecule has 140 valence electrons. The fraction of sp³-hybridized carbons (Fsp3) is 0.167. The summed E-state index contributed by atoms with van der Waals surface area (Å²) in [5, 5.41) is 8.00. The Kier molecular flexibility index (Phi) is 5.41. The molecule has 8 nitrogen and oxygen atoms in total. The van der Waals surface area contributed by atoms with Gasteiger partial charge in [0.05, 0.1) is 32.1 Å². The summed E-state index contributed by atoms with van der Waals surface area (Å²) >= 11 is 5.03. The minimum absolute atomic E-state index is 0.206. The van der Waals surface area contributed by atoms with Crippen molar-refractivity contribution < 1.29 is 18.3 Å².